The maximum Gasteiger partial charge on any atom is 0.412 e. The second kappa shape index (κ2) is 9.27. The summed E-state index contributed by atoms with van der Waals surface area (Å²) < 4.78 is 16.9. The fourth-order valence-corrected chi connectivity index (χ4v) is 3.37. The van der Waals surface area contributed by atoms with Gasteiger partial charge in [0.1, 0.15) is 11.9 Å². The van der Waals surface area contributed by atoms with Crippen LogP contribution in [0.15, 0.2) is 53.0 Å². The molecule has 10 heteroatoms. The summed E-state index contributed by atoms with van der Waals surface area (Å²) in [5.74, 6) is 0.244. The van der Waals surface area contributed by atoms with Gasteiger partial charge in [-0.05, 0) is 30.3 Å². The molecule has 0 unspecified atom stereocenters. The number of ether oxygens (including phenoxy) is 3. The van der Waals surface area contributed by atoms with E-state index in [0.717, 1.165) is 6.08 Å². The molecule has 0 radical (unpaired) electrons. The molecule has 1 atom stereocenters. The molecule has 0 fully saturated rings. The molecule has 1 heterocycles. The Kier molecular flexibility index (Phi) is 6.71. The van der Waals surface area contributed by atoms with Crippen molar-refractivity contribution in [3.05, 3.63) is 58.6 Å². The van der Waals surface area contributed by atoms with E-state index in [-0.39, 0.29) is 12.5 Å². The van der Waals surface area contributed by atoms with E-state index in [0.29, 0.717) is 27.2 Å². The lowest BCUT2D eigenvalue weighted by Crippen LogP contribution is -2.28. The maximum atomic E-state index is 12.7. The summed E-state index contributed by atoms with van der Waals surface area (Å²) in [4.78, 5) is 24.1. The van der Waals surface area contributed by atoms with Crippen molar-refractivity contribution in [3.63, 3.8) is 0 Å². The van der Waals surface area contributed by atoms with Crippen LogP contribution in [0.5, 0.6) is 17.2 Å². The Balaban J connectivity index is 1.87. The minimum absolute atomic E-state index is 0.0860. The number of hydrogen-bond acceptors (Lipinski definition) is 7. The van der Waals surface area contributed by atoms with E-state index < -0.39 is 23.5 Å². The Morgan fingerprint density at radius 2 is 1.94 bits per heavy atom. The van der Waals surface area contributed by atoms with Gasteiger partial charge in [-0.25, -0.2) is 10.3 Å². The van der Waals surface area contributed by atoms with Crippen LogP contribution in [0, 0.1) is 5.41 Å². The normalized spacial score (nSPS) is 13.7. The van der Waals surface area contributed by atoms with E-state index in [4.69, 9.17) is 19.4 Å². The first-order valence-electron chi connectivity index (χ1n) is 9.18. The first-order valence-corrected chi connectivity index (χ1v) is 9.98. The highest BCUT2D eigenvalue weighted by Gasteiger charge is 2.34. The molecule has 1 aliphatic rings. The number of nitrogens with one attached hydrogen (secondary N) is 2. The molecule has 9 nitrogen and oxygen atoms in total. The highest BCUT2D eigenvalue weighted by Crippen LogP contribution is 2.43. The summed E-state index contributed by atoms with van der Waals surface area (Å²) in [6.07, 6.45) is 0.816. The van der Waals surface area contributed by atoms with Gasteiger partial charge < -0.3 is 19.3 Å². The number of rotatable bonds is 6. The fraction of sp³-hybridized carbons (Fsp3) is 0.238. The van der Waals surface area contributed by atoms with Crippen molar-refractivity contribution < 1.29 is 34.1 Å². The lowest BCUT2D eigenvalue weighted by atomic mass is 9.81. The zero-order chi connectivity index (χ0) is 22.6. The van der Waals surface area contributed by atoms with Gasteiger partial charge in [-0.15, -0.1) is 0 Å². The second-order valence-corrected chi connectivity index (χ2v) is 8.23. The van der Waals surface area contributed by atoms with E-state index in [1.807, 2.05) is 0 Å². The molecule has 2 aromatic carbocycles. The van der Waals surface area contributed by atoms with Crippen molar-refractivity contribution in [2.24, 2.45) is 5.41 Å². The third-order valence-corrected chi connectivity index (χ3v) is 5.06. The number of benzene rings is 2. The molecule has 2 aromatic rings. The third-order valence-electron chi connectivity index (χ3n) is 4.57. The van der Waals surface area contributed by atoms with Crippen LogP contribution in [0.1, 0.15) is 25.5 Å². The van der Waals surface area contributed by atoms with Gasteiger partial charge in [0.15, 0.2) is 11.5 Å². The van der Waals surface area contributed by atoms with Crippen LogP contribution in [0.3, 0.4) is 0 Å². The molecule has 3 rings (SSSR count). The summed E-state index contributed by atoms with van der Waals surface area (Å²) in [7, 11) is 0. The number of hydroxylamine groups is 1. The molecule has 0 saturated heterocycles. The lowest BCUT2D eigenvalue weighted by Gasteiger charge is -2.32. The van der Waals surface area contributed by atoms with Gasteiger partial charge >= 0.3 is 6.09 Å². The van der Waals surface area contributed by atoms with Gasteiger partial charge in [-0.3, -0.25) is 15.3 Å². The van der Waals surface area contributed by atoms with Crippen molar-refractivity contribution in [2.45, 2.75) is 20.0 Å². The smallest absolute Gasteiger partial charge is 0.412 e. The van der Waals surface area contributed by atoms with Crippen molar-refractivity contribution >= 4 is 33.6 Å². The minimum atomic E-state index is -0.984. The lowest BCUT2D eigenvalue weighted by molar-refractivity contribution is -0.124. The van der Waals surface area contributed by atoms with Gasteiger partial charge in [-0.2, -0.15) is 0 Å². The summed E-state index contributed by atoms with van der Waals surface area (Å²) in [5.41, 5.74) is 1.32. The quantitative estimate of drug-likeness (QED) is 0.269. The zero-order valence-electron chi connectivity index (χ0n) is 16.7. The summed E-state index contributed by atoms with van der Waals surface area (Å²) in [5, 5.41) is 21.7. The standard InChI is InChI=1S/C21H21BrN2O7/c1-21(2,8-7-18(26)24-28)19(14-9-12(22)3-5-15(14)25)31-20(27)23-13-4-6-16-17(10-13)30-11-29-16/h3-10,19,25,28H,11H2,1-2H3,(H,23,27)(H,24,26)/b8-7+/t19-/m1/s1. The van der Waals surface area contributed by atoms with E-state index >= 15 is 0 Å². The van der Waals surface area contributed by atoms with E-state index in [1.54, 1.807) is 44.2 Å². The molecular formula is C21H21BrN2O7. The maximum absolute atomic E-state index is 12.7. The molecular weight excluding hydrogens is 472 g/mol. The predicted molar refractivity (Wildman–Crippen MR) is 114 cm³/mol. The number of phenolic OH excluding ortho intramolecular Hbond substituents is 1. The molecule has 4 N–H and O–H groups in total. The number of fused-ring (bicyclic) bond motifs is 1. The average molecular weight is 493 g/mol. The average Bonchev–Trinajstić information content (AvgIpc) is 3.20. The van der Waals surface area contributed by atoms with E-state index in [1.165, 1.54) is 17.6 Å². The van der Waals surface area contributed by atoms with Crippen LogP contribution in [0.25, 0.3) is 0 Å². The number of carbonyl (C=O) groups is 2. The van der Waals surface area contributed by atoms with Crippen LogP contribution in [0.2, 0.25) is 0 Å². The SMILES string of the molecule is CC(C)(/C=C/C(=O)NO)[C@H](OC(=O)Nc1ccc2c(c1)OCO2)c1cc(Br)ccc1O. The fourth-order valence-electron chi connectivity index (χ4n) is 3.00. The number of hydrogen-bond donors (Lipinski definition) is 4. The largest absolute Gasteiger partial charge is 0.508 e. The molecule has 0 spiro atoms. The molecule has 0 aromatic heterocycles. The van der Waals surface area contributed by atoms with Gasteiger partial charge in [0, 0.05) is 33.3 Å². The van der Waals surface area contributed by atoms with Crippen LogP contribution in [0.4, 0.5) is 10.5 Å². The van der Waals surface area contributed by atoms with Crippen LogP contribution < -0.4 is 20.3 Å². The number of phenols is 1. The number of halogens is 1. The van der Waals surface area contributed by atoms with Crippen LogP contribution in [-0.2, 0) is 9.53 Å². The molecule has 0 bridgehead atoms. The summed E-state index contributed by atoms with van der Waals surface area (Å²) >= 11 is 3.35. The van der Waals surface area contributed by atoms with E-state index in [9.17, 15) is 14.7 Å². The number of aromatic hydroxyl groups is 1. The highest BCUT2D eigenvalue weighted by molar-refractivity contribution is 9.10. The predicted octanol–water partition coefficient (Wildman–Crippen LogP) is 4.26. The van der Waals surface area contributed by atoms with Crippen molar-refractivity contribution in [2.75, 3.05) is 12.1 Å². The summed E-state index contributed by atoms with van der Waals surface area (Å²) in [6, 6.07) is 9.63. The van der Waals surface area contributed by atoms with E-state index in [2.05, 4.69) is 21.2 Å². The topological polar surface area (TPSA) is 126 Å². The van der Waals surface area contributed by atoms with Gasteiger partial charge in [-0.1, -0.05) is 35.9 Å². The first kappa shape index (κ1) is 22.4. The Hall–Kier alpha value is -3.24. The zero-order valence-corrected chi connectivity index (χ0v) is 18.3. The molecule has 1 aliphatic heterocycles. The van der Waals surface area contributed by atoms with Crippen molar-refractivity contribution in [3.8, 4) is 17.2 Å². The molecule has 31 heavy (non-hydrogen) atoms. The van der Waals surface area contributed by atoms with Crippen molar-refractivity contribution in [1.29, 1.82) is 0 Å². The van der Waals surface area contributed by atoms with Crippen LogP contribution >= 0.6 is 15.9 Å². The number of amides is 2. The number of anilines is 1. The minimum Gasteiger partial charge on any atom is -0.508 e. The second-order valence-electron chi connectivity index (χ2n) is 7.31. The molecule has 2 amide bonds. The number of carbonyl (C=O) groups excluding carboxylic acids is 2. The molecule has 164 valence electrons. The van der Waals surface area contributed by atoms with Gasteiger partial charge in [0.25, 0.3) is 5.91 Å². The van der Waals surface area contributed by atoms with Crippen molar-refractivity contribution in [1.82, 2.24) is 5.48 Å². The van der Waals surface area contributed by atoms with Crippen LogP contribution in [-0.4, -0.2) is 29.1 Å². The monoisotopic (exact) mass is 492 g/mol. The Labute approximate surface area is 186 Å². The third kappa shape index (κ3) is 5.47. The molecule has 0 aliphatic carbocycles. The Morgan fingerprint density at radius 1 is 1.19 bits per heavy atom. The van der Waals surface area contributed by atoms with Gasteiger partial charge in [0.2, 0.25) is 6.79 Å². The highest BCUT2D eigenvalue weighted by atomic mass is 79.9. The first-order chi connectivity index (χ1) is 14.7. The van der Waals surface area contributed by atoms with Gasteiger partial charge in [0.05, 0.1) is 0 Å². The summed E-state index contributed by atoms with van der Waals surface area (Å²) in [6.45, 7) is 3.54. The Morgan fingerprint density at radius 3 is 2.68 bits per heavy atom. The molecule has 0 saturated carbocycles. The Bertz CT molecular complexity index is 1020.